The lowest BCUT2D eigenvalue weighted by atomic mass is 10.0. The third kappa shape index (κ3) is 6.32. The van der Waals surface area contributed by atoms with Gasteiger partial charge in [0, 0.05) is 0 Å². The van der Waals surface area contributed by atoms with Crippen molar-refractivity contribution in [3.63, 3.8) is 0 Å². The second kappa shape index (κ2) is 7.99. The zero-order valence-corrected chi connectivity index (χ0v) is 11.0. The third-order valence-corrected chi connectivity index (χ3v) is 2.29. The monoisotopic (exact) mass is 271 g/mol. The average molecular weight is 271 g/mol. The van der Waals surface area contributed by atoms with Gasteiger partial charge in [-0.3, -0.25) is 14.4 Å². The summed E-state index contributed by atoms with van der Waals surface area (Å²) in [4.78, 5) is 46.9. The molecule has 2 atom stereocenters. The summed E-state index contributed by atoms with van der Waals surface area (Å²) in [5.74, 6) is -2.63. The van der Waals surface area contributed by atoms with E-state index in [2.05, 4.69) is 15.6 Å². The van der Waals surface area contributed by atoms with Gasteiger partial charge >= 0.3 is 5.97 Å². The van der Waals surface area contributed by atoms with Gasteiger partial charge in [0.15, 0.2) is 0 Å². The van der Waals surface area contributed by atoms with E-state index in [0.29, 0.717) is 0 Å². The number of carbonyl (C=O) groups excluding carboxylic acids is 3. The van der Waals surface area contributed by atoms with Crippen LogP contribution in [0.2, 0.25) is 0 Å². The Labute approximate surface area is 110 Å². The van der Waals surface area contributed by atoms with E-state index in [4.69, 9.17) is 5.11 Å². The molecule has 0 bridgehead atoms. The Kier molecular flexibility index (Phi) is 7.06. The molecule has 0 aromatic carbocycles. The summed E-state index contributed by atoms with van der Waals surface area (Å²) in [5, 5.41) is 13.0. The van der Waals surface area contributed by atoms with E-state index in [0.717, 1.165) is 0 Å². The van der Waals surface area contributed by atoms with Gasteiger partial charge in [-0.15, -0.1) is 0 Å². The topological polar surface area (TPSA) is 125 Å². The molecule has 2 amide bonds. The fraction of sp³-hybridized carbons (Fsp3) is 0.636. The van der Waals surface area contributed by atoms with Gasteiger partial charge in [-0.05, 0) is 12.8 Å². The SMILES string of the molecule is CC(N=C=O)C(=O)NC(C(=O)NCC(=O)O)C(C)C. The number of carboxylic acid groups (broad SMARTS) is 1. The lowest BCUT2D eigenvalue weighted by molar-refractivity contribution is -0.138. The smallest absolute Gasteiger partial charge is 0.322 e. The molecular formula is C11H17N3O5. The molecule has 8 nitrogen and oxygen atoms in total. The molecule has 106 valence electrons. The molecule has 0 spiro atoms. The van der Waals surface area contributed by atoms with E-state index < -0.39 is 36.4 Å². The maximum absolute atomic E-state index is 11.7. The van der Waals surface area contributed by atoms with Crippen LogP contribution >= 0.6 is 0 Å². The molecule has 0 aliphatic heterocycles. The largest absolute Gasteiger partial charge is 0.480 e. The first-order valence-corrected chi connectivity index (χ1v) is 5.66. The summed E-state index contributed by atoms with van der Waals surface area (Å²) in [6, 6.07) is -1.85. The maximum atomic E-state index is 11.7. The van der Waals surface area contributed by atoms with Crippen LogP contribution in [-0.4, -0.2) is 47.6 Å². The minimum atomic E-state index is -1.18. The predicted octanol–water partition coefficient (Wildman–Crippen LogP) is -0.948. The van der Waals surface area contributed by atoms with Gasteiger partial charge in [0.2, 0.25) is 17.9 Å². The summed E-state index contributed by atoms with van der Waals surface area (Å²) < 4.78 is 0. The van der Waals surface area contributed by atoms with Crippen LogP contribution in [0.5, 0.6) is 0 Å². The molecule has 8 heteroatoms. The highest BCUT2D eigenvalue weighted by Crippen LogP contribution is 2.03. The van der Waals surface area contributed by atoms with Gasteiger partial charge in [-0.2, -0.15) is 4.99 Å². The molecule has 0 aliphatic rings. The van der Waals surface area contributed by atoms with Crippen molar-refractivity contribution >= 4 is 23.9 Å². The van der Waals surface area contributed by atoms with Gasteiger partial charge in [-0.1, -0.05) is 13.8 Å². The normalized spacial score (nSPS) is 13.1. The molecule has 0 saturated carbocycles. The van der Waals surface area contributed by atoms with E-state index in [1.807, 2.05) is 0 Å². The molecule has 3 N–H and O–H groups in total. The number of carbonyl (C=O) groups is 3. The molecule has 0 radical (unpaired) electrons. The molecule has 0 heterocycles. The minimum Gasteiger partial charge on any atom is -0.480 e. The first-order chi connectivity index (χ1) is 8.79. The zero-order valence-electron chi connectivity index (χ0n) is 11.0. The van der Waals surface area contributed by atoms with E-state index in [9.17, 15) is 19.2 Å². The van der Waals surface area contributed by atoms with Crippen molar-refractivity contribution in [3.05, 3.63) is 0 Å². The van der Waals surface area contributed by atoms with Crippen molar-refractivity contribution in [2.75, 3.05) is 6.54 Å². The van der Waals surface area contributed by atoms with Crippen LogP contribution in [0.25, 0.3) is 0 Å². The van der Waals surface area contributed by atoms with Crippen LogP contribution in [0, 0.1) is 5.92 Å². The van der Waals surface area contributed by atoms with Crippen LogP contribution in [0.3, 0.4) is 0 Å². The second-order valence-corrected chi connectivity index (χ2v) is 4.24. The van der Waals surface area contributed by atoms with Crippen molar-refractivity contribution in [1.29, 1.82) is 0 Å². The first-order valence-electron chi connectivity index (χ1n) is 5.66. The number of nitrogens with zero attached hydrogens (tertiary/aromatic N) is 1. The van der Waals surface area contributed by atoms with Crippen LogP contribution in [0.1, 0.15) is 20.8 Å². The maximum Gasteiger partial charge on any atom is 0.322 e. The van der Waals surface area contributed by atoms with Crippen molar-refractivity contribution < 1.29 is 24.3 Å². The third-order valence-electron chi connectivity index (χ3n) is 2.29. The Hall–Kier alpha value is -2.21. The molecule has 0 rings (SSSR count). The second-order valence-electron chi connectivity index (χ2n) is 4.24. The number of nitrogens with one attached hydrogen (secondary N) is 2. The molecule has 2 unspecified atom stereocenters. The number of amides is 2. The van der Waals surface area contributed by atoms with E-state index in [-0.39, 0.29) is 5.92 Å². The highest BCUT2D eigenvalue weighted by atomic mass is 16.4. The summed E-state index contributed by atoms with van der Waals surface area (Å²) in [7, 11) is 0. The fourth-order valence-electron chi connectivity index (χ4n) is 1.22. The molecule has 0 aromatic heterocycles. The van der Waals surface area contributed by atoms with Crippen LogP contribution in [0.15, 0.2) is 4.99 Å². The lowest BCUT2D eigenvalue weighted by Crippen LogP contribution is -2.52. The van der Waals surface area contributed by atoms with E-state index in [1.54, 1.807) is 13.8 Å². The number of hydrogen-bond acceptors (Lipinski definition) is 5. The van der Waals surface area contributed by atoms with Gasteiger partial charge in [0.1, 0.15) is 18.6 Å². The highest BCUT2D eigenvalue weighted by Gasteiger charge is 2.26. The van der Waals surface area contributed by atoms with Crippen molar-refractivity contribution in [2.45, 2.75) is 32.9 Å². The molecule has 0 fully saturated rings. The quantitative estimate of drug-likeness (QED) is 0.407. The number of aliphatic imine (C=N–C) groups is 1. The van der Waals surface area contributed by atoms with Crippen LogP contribution < -0.4 is 10.6 Å². The molecule has 19 heavy (non-hydrogen) atoms. The van der Waals surface area contributed by atoms with Gasteiger partial charge in [-0.25, -0.2) is 4.79 Å². The molecule has 0 aromatic rings. The molecular weight excluding hydrogens is 254 g/mol. The minimum absolute atomic E-state index is 0.245. The standard InChI is InChI=1S/C11H17N3O5/c1-6(2)9(11(19)12-4-8(16)17)14-10(18)7(3)13-5-15/h6-7,9H,4H2,1-3H3,(H,12,19)(H,14,18)(H,16,17). The summed E-state index contributed by atoms with van der Waals surface area (Å²) in [6.45, 7) is 4.24. The number of hydrogen-bond donors (Lipinski definition) is 3. The van der Waals surface area contributed by atoms with E-state index >= 15 is 0 Å². The Morgan fingerprint density at radius 2 is 1.79 bits per heavy atom. The molecule has 0 saturated heterocycles. The number of isocyanates is 1. The van der Waals surface area contributed by atoms with Gasteiger partial charge < -0.3 is 15.7 Å². The Balaban J connectivity index is 4.65. The summed E-state index contributed by atoms with van der Waals surface area (Å²) in [5.41, 5.74) is 0. The fourth-order valence-corrected chi connectivity index (χ4v) is 1.22. The first kappa shape index (κ1) is 16.8. The number of carboxylic acids is 1. The zero-order chi connectivity index (χ0) is 15.0. The van der Waals surface area contributed by atoms with Crippen molar-refractivity contribution in [3.8, 4) is 0 Å². The number of aliphatic carboxylic acids is 1. The Morgan fingerprint density at radius 1 is 1.21 bits per heavy atom. The van der Waals surface area contributed by atoms with E-state index in [1.165, 1.54) is 13.0 Å². The molecule has 0 aliphatic carbocycles. The Morgan fingerprint density at radius 3 is 2.21 bits per heavy atom. The average Bonchev–Trinajstić information content (AvgIpc) is 2.32. The highest BCUT2D eigenvalue weighted by molar-refractivity contribution is 5.91. The van der Waals surface area contributed by atoms with Gasteiger partial charge in [0.05, 0.1) is 0 Å². The Bertz CT molecular complexity index is 401. The summed E-state index contributed by atoms with van der Waals surface area (Å²) >= 11 is 0. The summed E-state index contributed by atoms with van der Waals surface area (Å²) in [6.07, 6.45) is 1.26. The van der Waals surface area contributed by atoms with Crippen LogP contribution in [-0.2, 0) is 19.2 Å². The lowest BCUT2D eigenvalue weighted by Gasteiger charge is -2.22. The van der Waals surface area contributed by atoms with Crippen LogP contribution in [0.4, 0.5) is 0 Å². The predicted molar refractivity (Wildman–Crippen MR) is 65.0 cm³/mol. The van der Waals surface area contributed by atoms with Crippen molar-refractivity contribution in [2.24, 2.45) is 10.9 Å². The van der Waals surface area contributed by atoms with Crippen molar-refractivity contribution in [1.82, 2.24) is 10.6 Å². The number of rotatable bonds is 7. The van der Waals surface area contributed by atoms with Gasteiger partial charge in [0.25, 0.3) is 0 Å².